The van der Waals surface area contributed by atoms with Crippen molar-refractivity contribution in [2.45, 2.75) is 32.8 Å². The number of hydrogen-bond acceptors (Lipinski definition) is 5. The fourth-order valence-corrected chi connectivity index (χ4v) is 5.05. The quantitative estimate of drug-likeness (QED) is 0.263. The third-order valence-corrected chi connectivity index (χ3v) is 7.62. The summed E-state index contributed by atoms with van der Waals surface area (Å²) in [4.78, 5) is 33.3. The molecule has 8 nitrogen and oxygen atoms in total. The van der Waals surface area contributed by atoms with Crippen LogP contribution in [0.4, 0.5) is 5.95 Å². The molecule has 1 saturated heterocycles. The number of nitrogens with one attached hydrogen (secondary N) is 1. The molecule has 0 bridgehead atoms. The first-order valence-corrected chi connectivity index (χ1v) is 14.0. The first-order valence-electron chi connectivity index (χ1n) is 13.6. The van der Waals surface area contributed by atoms with Gasteiger partial charge in [0.05, 0.1) is 29.5 Å². The van der Waals surface area contributed by atoms with E-state index in [2.05, 4.69) is 18.3 Å². The predicted octanol–water partition coefficient (Wildman–Crippen LogP) is 6.08. The monoisotopic (exact) mass is 572 g/mol. The molecule has 1 aliphatic rings. The molecule has 1 aliphatic heterocycles. The van der Waals surface area contributed by atoms with Crippen molar-refractivity contribution in [1.29, 1.82) is 0 Å². The SMILES string of the molecule is COc1ccc(-c2cn(-c3ccc(C)c(C)c3)c(NC(=O)CN(C[C@@H]3CCCO3)C(=O)c3ccccc3Cl)n2)cc1. The number of rotatable bonds is 9. The average Bonchev–Trinajstić information content (AvgIpc) is 3.64. The van der Waals surface area contributed by atoms with Crippen molar-refractivity contribution in [2.75, 3.05) is 32.1 Å². The maximum atomic E-state index is 13.5. The number of anilines is 1. The summed E-state index contributed by atoms with van der Waals surface area (Å²) in [7, 11) is 1.62. The van der Waals surface area contributed by atoms with Gasteiger partial charge in [0, 0.05) is 30.6 Å². The Labute approximate surface area is 244 Å². The molecule has 1 N–H and O–H groups in total. The molecule has 5 rings (SSSR count). The number of aromatic nitrogens is 2. The highest BCUT2D eigenvalue weighted by Crippen LogP contribution is 2.27. The van der Waals surface area contributed by atoms with Crippen LogP contribution in [-0.4, -0.2) is 59.2 Å². The van der Waals surface area contributed by atoms with E-state index in [1.165, 1.54) is 4.90 Å². The molecule has 9 heteroatoms. The number of amides is 2. The van der Waals surface area contributed by atoms with Gasteiger partial charge in [-0.15, -0.1) is 0 Å². The van der Waals surface area contributed by atoms with Crippen LogP contribution in [0.25, 0.3) is 16.9 Å². The summed E-state index contributed by atoms with van der Waals surface area (Å²) in [6, 6.07) is 20.5. The molecule has 0 saturated carbocycles. The molecule has 1 aromatic heterocycles. The smallest absolute Gasteiger partial charge is 0.255 e. The van der Waals surface area contributed by atoms with E-state index in [0.717, 1.165) is 41.0 Å². The number of carbonyl (C=O) groups excluding carboxylic acids is 2. The van der Waals surface area contributed by atoms with Crippen LogP contribution in [0, 0.1) is 13.8 Å². The first kappa shape index (κ1) is 28.4. The Kier molecular flexibility index (Phi) is 8.71. The zero-order valence-electron chi connectivity index (χ0n) is 23.4. The second kappa shape index (κ2) is 12.6. The second-order valence-electron chi connectivity index (χ2n) is 10.2. The standard InChI is InChI=1S/C32H33ClN4O4/c1-21-10-13-24(17-22(21)2)37-19-29(23-11-14-25(40-3)15-12-23)34-32(37)35-30(38)20-36(18-26-7-6-16-41-26)31(39)27-8-4-5-9-28(27)33/h4-5,8-15,17,19,26H,6-7,16,18,20H2,1-3H3,(H,34,35,38)/t26-/m0/s1. The van der Waals surface area contributed by atoms with Crippen molar-refractivity contribution in [3.8, 4) is 22.7 Å². The van der Waals surface area contributed by atoms with Crippen LogP contribution < -0.4 is 10.1 Å². The highest BCUT2D eigenvalue weighted by atomic mass is 35.5. The fourth-order valence-electron chi connectivity index (χ4n) is 4.84. The van der Waals surface area contributed by atoms with Gasteiger partial charge in [-0.1, -0.05) is 29.8 Å². The van der Waals surface area contributed by atoms with Gasteiger partial charge in [0.25, 0.3) is 5.91 Å². The molecule has 0 radical (unpaired) electrons. The molecule has 1 fully saturated rings. The lowest BCUT2D eigenvalue weighted by atomic mass is 10.1. The van der Waals surface area contributed by atoms with Crippen LogP contribution in [0.1, 0.15) is 34.3 Å². The third kappa shape index (κ3) is 6.61. The van der Waals surface area contributed by atoms with E-state index in [0.29, 0.717) is 35.4 Å². The van der Waals surface area contributed by atoms with Crippen LogP contribution in [0.5, 0.6) is 5.75 Å². The molecule has 0 aliphatic carbocycles. The van der Waals surface area contributed by atoms with Gasteiger partial charge in [-0.2, -0.15) is 0 Å². The lowest BCUT2D eigenvalue weighted by Crippen LogP contribution is -2.42. The van der Waals surface area contributed by atoms with E-state index in [1.54, 1.807) is 31.4 Å². The molecule has 2 heterocycles. The molecule has 0 unspecified atom stereocenters. The zero-order chi connectivity index (χ0) is 28.9. The van der Waals surface area contributed by atoms with Crippen molar-refractivity contribution < 1.29 is 19.1 Å². The molecule has 0 spiro atoms. The Balaban J connectivity index is 1.44. The maximum absolute atomic E-state index is 13.5. The summed E-state index contributed by atoms with van der Waals surface area (Å²) in [6.07, 6.45) is 3.51. The number of nitrogens with zero attached hydrogens (tertiary/aromatic N) is 3. The number of carbonyl (C=O) groups is 2. The van der Waals surface area contributed by atoms with Crippen LogP contribution in [-0.2, 0) is 9.53 Å². The van der Waals surface area contributed by atoms with E-state index >= 15 is 0 Å². The van der Waals surface area contributed by atoms with Crippen LogP contribution in [0.2, 0.25) is 5.02 Å². The molecule has 4 aromatic rings. The third-order valence-electron chi connectivity index (χ3n) is 7.29. The number of aryl methyl sites for hydroxylation is 2. The maximum Gasteiger partial charge on any atom is 0.255 e. The number of imidazole rings is 1. The normalized spacial score (nSPS) is 14.6. The van der Waals surface area contributed by atoms with Gasteiger partial charge in [0.1, 0.15) is 12.3 Å². The largest absolute Gasteiger partial charge is 0.497 e. The average molecular weight is 573 g/mol. The highest BCUT2D eigenvalue weighted by Gasteiger charge is 2.27. The van der Waals surface area contributed by atoms with Crippen molar-refractivity contribution in [1.82, 2.24) is 14.5 Å². The molecule has 1 atom stereocenters. The molecule has 212 valence electrons. The van der Waals surface area contributed by atoms with Crippen molar-refractivity contribution in [3.05, 3.63) is 94.6 Å². The van der Waals surface area contributed by atoms with E-state index in [9.17, 15) is 9.59 Å². The Hall–Kier alpha value is -4.14. The zero-order valence-corrected chi connectivity index (χ0v) is 24.1. The minimum Gasteiger partial charge on any atom is -0.497 e. The lowest BCUT2D eigenvalue weighted by Gasteiger charge is -2.25. The number of halogens is 1. The van der Waals surface area contributed by atoms with Crippen LogP contribution in [0.3, 0.4) is 0 Å². The van der Waals surface area contributed by atoms with Gasteiger partial charge in [-0.3, -0.25) is 19.5 Å². The summed E-state index contributed by atoms with van der Waals surface area (Å²) < 4.78 is 12.9. The summed E-state index contributed by atoms with van der Waals surface area (Å²) in [5.74, 6) is 0.398. The molecule has 2 amide bonds. The van der Waals surface area contributed by atoms with Gasteiger partial charge in [-0.25, -0.2) is 4.98 Å². The minimum atomic E-state index is -0.375. The van der Waals surface area contributed by atoms with E-state index in [4.69, 9.17) is 26.1 Å². The van der Waals surface area contributed by atoms with E-state index in [1.807, 2.05) is 54.1 Å². The summed E-state index contributed by atoms with van der Waals surface area (Å²) >= 11 is 6.34. The minimum absolute atomic E-state index is 0.131. The van der Waals surface area contributed by atoms with Crippen LogP contribution in [0.15, 0.2) is 72.9 Å². The Morgan fingerprint density at radius 1 is 1.10 bits per heavy atom. The number of hydrogen-bond donors (Lipinski definition) is 1. The lowest BCUT2D eigenvalue weighted by molar-refractivity contribution is -0.117. The van der Waals surface area contributed by atoms with Crippen molar-refractivity contribution in [2.24, 2.45) is 0 Å². The molecule has 3 aromatic carbocycles. The molecular formula is C32H33ClN4O4. The summed E-state index contributed by atoms with van der Waals surface area (Å²) in [5.41, 5.74) is 5.05. The Bertz CT molecular complexity index is 1540. The van der Waals surface area contributed by atoms with Crippen molar-refractivity contribution >= 4 is 29.4 Å². The number of methoxy groups -OCH3 is 1. The molecular weight excluding hydrogens is 540 g/mol. The number of ether oxygens (including phenoxy) is 2. The summed E-state index contributed by atoms with van der Waals surface area (Å²) in [6.45, 7) is 4.85. The second-order valence-corrected chi connectivity index (χ2v) is 10.6. The topological polar surface area (TPSA) is 85.7 Å². The molecule has 41 heavy (non-hydrogen) atoms. The predicted molar refractivity (Wildman–Crippen MR) is 160 cm³/mol. The van der Waals surface area contributed by atoms with Gasteiger partial charge < -0.3 is 14.4 Å². The highest BCUT2D eigenvalue weighted by molar-refractivity contribution is 6.33. The van der Waals surface area contributed by atoms with Gasteiger partial charge in [0.15, 0.2) is 0 Å². The first-order chi connectivity index (χ1) is 19.8. The van der Waals surface area contributed by atoms with Gasteiger partial charge in [-0.05, 0) is 86.3 Å². The van der Waals surface area contributed by atoms with E-state index < -0.39 is 0 Å². The van der Waals surface area contributed by atoms with Gasteiger partial charge >= 0.3 is 0 Å². The number of benzene rings is 3. The van der Waals surface area contributed by atoms with E-state index in [-0.39, 0.29) is 24.5 Å². The Morgan fingerprint density at radius 3 is 2.56 bits per heavy atom. The summed E-state index contributed by atoms with van der Waals surface area (Å²) in [5, 5.41) is 3.29. The van der Waals surface area contributed by atoms with Gasteiger partial charge in [0.2, 0.25) is 11.9 Å². The van der Waals surface area contributed by atoms with Crippen LogP contribution >= 0.6 is 11.6 Å². The van der Waals surface area contributed by atoms with Crippen molar-refractivity contribution in [3.63, 3.8) is 0 Å². The fraction of sp³-hybridized carbons (Fsp3) is 0.281. The Morgan fingerprint density at radius 2 is 1.88 bits per heavy atom.